The number of thiazole rings is 1. The van der Waals surface area contributed by atoms with Gasteiger partial charge in [0.1, 0.15) is 6.61 Å². The van der Waals surface area contributed by atoms with Crippen molar-refractivity contribution < 1.29 is 14.5 Å². The van der Waals surface area contributed by atoms with Crippen molar-refractivity contribution in [3.63, 3.8) is 0 Å². The van der Waals surface area contributed by atoms with Crippen LogP contribution < -0.4 is 10.5 Å². The van der Waals surface area contributed by atoms with Crippen molar-refractivity contribution in [3.05, 3.63) is 67.6 Å². The molecular weight excluding hydrogens is 384 g/mol. The van der Waals surface area contributed by atoms with Crippen LogP contribution in [0.1, 0.15) is 28.9 Å². The number of non-ortho nitro benzene ring substituents is 1. The van der Waals surface area contributed by atoms with Gasteiger partial charge in [-0.15, -0.1) is 11.3 Å². The van der Waals surface area contributed by atoms with Crippen molar-refractivity contribution in [2.75, 3.05) is 18.0 Å². The van der Waals surface area contributed by atoms with E-state index in [1.807, 2.05) is 4.90 Å². The predicted octanol–water partition coefficient (Wildman–Crippen LogP) is 2.62. The number of nitro groups is 1. The molecule has 3 aromatic rings. The van der Waals surface area contributed by atoms with Crippen LogP contribution in [0, 0.1) is 10.1 Å². The van der Waals surface area contributed by atoms with Crippen molar-refractivity contribution in [1.82, 2.24) is 9.38 Å². The van der Waals surface area contributed by atoms with Crippen LogP contribution in [0.15, 0.2) is 40.6 Å². The Bertz CT molecular complexity index is 1120. The van der Waals surface area contributed by atoms with Gasteiger partial charge < -0.3 is 9.64 Å². The monoisotopic (exact) mass is 400 g/mol. The van der Waals surface area contributed by atoms with Gasteiger partial charge in [-0.25, -0.2) is 9.78 Å². The van der Waals surface area contributed by atoms with Gasteiger partial charge >= 0.3 is 5.97 Å². The summed E-state index contributed by atoms with van der Waals surface area (Å²) in [7, 11) is 0. The molecule has 28 heavy (non-hydrogen) atoms. The molecule has 0 unspecified atom stereocenters. The molecule has 144 valence electrons. The summed E-state index contributed by atoms with van der Waals surface area (Å²) in [6, 6.07) is 5.52. The first kappa shape index (κ1) is 18.1. The highest BCUT2D eigenvalue weighted by Gasteiger charge is 2.23. The maximum absolute atomic E-state index is 12.7. The standard InChI is InChI=1S/C18H16N4O5S/c23-16-9-12(19-18-21(16)7-8-28-18)11-27-17(24)14-10-13(22(25)26)3-4-15(14)20-5-1-2-6-20/h3-4,7-10H,1-2,5-6,11H2. The van der Waals surface area contributed by atoms with Gasteiger partial charge in [-0.2, -0.15) is 0 Å². The van der Waals surface area contributed by atoms with Crippen LogP contribution >= 0.6 is 11.3 Å². The van der Waals surface area contributed by atoms with Gasteiger partial charge in [0, 0.05) is 42.9 Å². The third-order valence-corrected chi connectivity index (χ3v) is 5.32. The lowest BCUT2D eigenvalue weighted by atomic mass is 10.1. The quantitative estimate of drug-likeness (QED) is 0.368. The minimum absolute atomic E-state index is 0.144. The molecule has 3 heterocycles. The molecule has 0 radical (unpaired) electrons. The molecule has 1 saturated heterocycles. The van der Waals surface area contributed by atoms with Crippen LogP contribution in [0.25, 0.3) is 4.96 Å². The Morgan fingerprint density at radius 3 is 2.82 bits per heavy atom. The van der Waals surface area contributed by atoms with E-state index in [4.69, 9.17) is 4.74 Å². The molecule has 0 bridgehead atoms. The van der Waals surface area contributed by atoms with E-state index < -0.39 is 10.9 Å². The summed E-state index contributed by atoms with van der Waals surface area (Å²) in [4.78, 5) is 42.1. The third kappa shape index (κ3) is 3.46. The molecule has 1 aromatic carbocycles. The van der Waals surface area contributed by atoms with E-state index in [-0.39, 0.29) is 23.4 Å². The molecule has 0 atom stereocenters. The normalized spacial score (nSPS) is 13.8. The Balaban J connectivity index is 1.59. The number of hydrogen-bond acceptors (Lipinski definition) is 8. The molecule has 4 rings (SSSR count). The van der Waals surface area contributed by atoms with Crippen LogP contribution in [-0.2, 0) is 11.3 Å². The highest BCUT2D eigenvalue weighted by molar-refractivity contribution is 7.15. The summed E-state index contributed by atoms with van der Waals surface area (Å²) in [6.45, 7) is 1.38. The smallest absolute Gasteiger partial charge is 0.340 e. The minimum atomic E-state index is -0.682. The molecule has 9 nitrogen and oxygen atoms in total. The molecule has 2 aromatic heterocycles. The zero-order valence-corrected chi connectivity index (χ0v) is 15.6. The zero-order chi connectivity index (χ0) is 19.7. The van der Waals surface area contributed by atoms with Crippen molar-refractivity contribution in [3.8, 4) is 0 Å². The first-order chi connectivity index (χ1) is 13.5. The molecule has 10 heteroatoms. The Morgan fingerprint density at radius 2 is 2.07 bits per heavy atom. The van der Waals surface area contributed by atoms with E-state index in [9.17, 15) is 19.7 Å². The lowest BCUT2D eigenvalue weighted by Gasteiger charge is -2.20. The van der Waals surface area contributed by atoms with Gasteiger partial charge in [0.2, 0.25) is 0 Å². The van der Waals surface area contributed by atoms with E-state index in [1.165, 1.54) is 33.9 Å². The first-order valence-corrected chi connectivity index (χ1v) is 9.57. The number of ether oxygens (including phenoxy) is 1. The number of carbonyl (C=O) groups is 1. The highest BCUT2D eigenvalue weighted by Crippen LogP contribution is 2.29. The van der Waals surface area contributed by atoms with E-state index in [2.05, 4.69) is 4.98 Å². The Morgan fingerprint density at radius 1 is 1.29 bits per heavy atom. The fourth-order valence-corrected chi connectivity index (χ4v) is 3.95. The third-order valence-electron chi connectivity index (χ3n) is 4.56. The SMILES string of the molecule is O=C(OCc1cc(=O)n2ccsc2n1)c1cc([N+](=O)[O-])ccc1N1CCCC1. The summed E-state index contributed by atoms with van der Waals surface area (Å²) < 4.78 is 6.74. The number of nitro benzene ring substituents is 1. The van der Waals surface area contributed by atoms with Crippen LogP contribution in [0.4, 0.5) is 11.4 Å². The first-order valence-electron chi connectivity index (χ1n) is 8.69. The van der Waals surface area contributed by atoms with Crippen LogP contribution in [0.5, 0.6) is 0 Å². The van der Waals surface area contributed by atoms with Crippen LogP contribution in [0.3, 0.4) is 0 Å². The van der Waals surface area contributed by atoms with Gasteiger partial charge in [-0.05, 0) is 18.9 Å². The summed E-state index contributed by atoms with van der Waals surface area (Å²) in [6.07, 6.45) is 3.62. The van der Waals surface area contributed by atoms with E-state index in [0.29, 0.717) is 16.3 Å². The average molecular weight is 400 g/mol. The second-order valence-electron chi connectivity index (χ2n) is 6.37. The Hall–Kier alpha value is -3.27. The molecule has 0 saturated carbocycles. The molecular formula is C18H16N4O5S. The molecule has 0 aliphatic carbocycles. The van der Waals surface area contributed by atoms with Gasteiger partial charge in [0.15, 0.2) is 4.96 Å². The number of benzene rings is 1. The molecule has 1 aliphatic heterocycles. The van der Waals surface area contributed by atoms with Crippen LogP contribution in [0.2, 0.25) is 0 Å². The number of rotatable bonds is 5. The number of nitrogens with zero attached hydrogens (tertiary/aromatic N) is 4. The number of aromatic nitrogens is 2. The molecule has 1 fully saturated rings. The van der Waals surface area contributed by atoms with Crippen molar-refractivity contribution in [2.45, 2.75) is 19.4 Å². The topological polar surface area (TPSA) is 107 Å². The Kier molecular flexibility index (Phi) is 4.78. The molecule has 1 aliphatic rings. The number of hydrogen-bond donors (Lipinski definition) is 0. The van der Waals surface area contributed by atoms with Gasteiger partial charge in [0.25, 0.3) is 11.2 Å². The Labute approximate surface area is 163 Å². The van der Waals surface area contributed by atoms with Crippen LogP contribution in [-0.4, -0.2) is 33.4 Å². The molecule has 0 spiro atoms. The number of esters is 1. The highest BCUT2D eigenvalue weighted by atomic mass is 32.1. The number of anilines is 1. The summed E-state index contributed by atoms with van der Waals surface area (Å²) >= 11 is 1.30. The molecule has 0 amide bonds. The largest absolute Gasteiger partial charge is 0.456 e. The minimum Gasteiger partial charge on any atom is -0.456 e. The lowest BCUT2D eigenvalue weighted by Crippen LogP contribution is -2.21. The summed E-state index contributed by atoms with van der Waals surface area (Å²) in [5, 5.41) is 12.9. The average Bonchev–Trinajstić information content (AvgIpc) is 3.37. The maximum atomic E-state index is 12.7. The maximum Gasteiger partial charge on any atom is 0.340 e. The second kappa shape index (κ2) is 7.39. The van der Waals surface area contributed by atoms with Gasteiger partial charge in [0.05, 0.1) is 21.9 Å². The number of fused-ring (bicyclic) bond motifs is 1. The summed E-state index contributed by atoms with van der Waals surface area (Å²) in [5.41, 5.74) is 0.658. The fraction of sp³-hybridized carbons (Fsp3) is 0.278. The number of carbonyl (C=O) groups excluding carboxylic acids is 1. The van der Waals surface area contributed by atoms with Gasteiger partial charge in [-0.1, -0.05) is 0 Å². The van der Waals surface area contributed by atoms with E-state index in [1.54, 1.807) is 17.6 Å². The second-order valence-corrected chi connectivity index (χ2v) is 7.24. The van der Waals surface area contributed by atoms with Gasteiger partial charge in [-0.3, -0.25) is 19.3 Å². The van der Waals surface area contributed by atoms with Crippen molar-refractivity contribution >= 4 is 33.6 Å². The molecule has 0 N–H and O–H groups in total. The lowest BCUT2D eigenvalue weighted by molar-refractivity contribution is -0.384. The van der Waals surface area contributed by atoms with E-state index in [0.717, 1.165) is 25.9 Å². The zero-order valence-electron chi connectivity index (χ0n) is 14.7. The fourth-order valence-electron chi connectivity index (χ4n) is 3.21. The predicted molar refractivity (Wildman–Crippen MR) is 103 cm³/mol. The van der Waals surface area contributed by atoms with Crippen molar-refractivity contribution in [2.24, 2.45) is 0 Å². The summed E-state index contributed by atoms with van der Waals surface area (Å²) in [5.74, 6) is -0.682. The van der Waals surface area contributed by atoms with E-state index >= 15 is 0 Å². The van der Waals surface area contributed by atoms with Crippen molar-refractivity contribution in [1.29, 1.82) is 0 Å².